The maximum absolute atomic E-state index is 12.8. The molecule has 2 aliphatic heterocycles. The molecule has 2 fully saturated rings. The van der Waals surface area contributed by atoms with E-state index in [1.807, 2.05) is 25.1 Å². The summed E-state index contributed by atoms with van der Waals surface area (Å²) in [5.41, 5.74) is 1.50. The average molecular weight is 389 g/mol. The zero-order valence-corrected chi connectivity index (χ0v) is 16.2. The van der Waals surface area contributed by atoms with E-state index in [4.69, 9.17) is 9.84 Å². The summed E-state index contributed by atoms with van der Waals surface area (Å²) in [6.07, 6.45) is 0.774. The van der Waals surface area contributed by atoms with Gasteiger partial charge in [-0.3, -0.25) is 9.59 Å². The third-order valence-electron chi connectivity index (χ3n) is 5.34. The predicted molar refractivity (Wildman–Crippen MR) is 104 cm³/mol. The lowest BCUT2D eigenvalue weighted by Crippen LogP contribution is -2.50. The molecule has 2 amide bonds. The van der Waals surface area contributed by atoms with Crippen LogP contribution in [0.2, 0.25) is 0 Å². The van der Waals surface area contributed by atoms with Gasteiger partial charge < -0.3 is 24.5 Å². The first-order chi connectivity index (χ1) is 13.5. The van der Waals surface area contributed by atoms with Crippen molar-refractivity contribution in [3.8, 4) is 0 Å². The zero-order valence-electron chi connectivity index (χ0n) is 16.2. The Hall–Kier alpha value is -2.77. The Labute approximate surface area is 164 Å². The largest absolute Gasteiger partial charge is 0.466 e. The van der Waals surface area contributed by atoms with Crippen molar-refractivity contribution in [3.63, 3.8) is 0 Å². The number of piperidine rings is 1. The summed E-state index contributed by atoms with van der Waals surface area (Å²) in [6, 6.07) is 7.44. The van der Waals surface area contributed by atoms with Crippen LogP contribution in [0.4, 0.5) is 10.5 Å². The summed E-state index contributed by atoms with van der Waals surface area (Å²) >= 11 is 0. The van der Waals surface area contributed by atoms with Crippen molar-refractivity contribution in [2.24, 2.45) is 5.92 Å². The highest BCUT2D eigenvalue weighted by atomic mass is 16.5. The molecule has 0 saturated carbocycles. The fourth-order valence-electron chi connectivity index (χ4n) is 3.78. The highest BCUT2D eigenvalue weighted by Gasteiger charge is 2.28. The van der Waals surface area contributed by atoms with Gasteiger partial charge in [-0.2, -0.15) is 0 Å². The normalized spacial score (nSPS) is 20.0. The van der Waals surface area contributed by atoms with Gasteiger partial charge in [0.1, 0.15) is 0 Å². The molecule has 2 aliphatic rings. The highest BCUT2D eigenvalue weighted by molar-refractivity contribution is 5.95. The van der Waals surface area contributed by atoms with Gasteiger partial charge in [-0.15, -0.1) is 0 Å². The van der Waals surface area contributed by atoms with Crippen molar-refractivity contribution in [1.82, 2.24) is 9.80 Å². The topological polar surface area (TPSA) is 90.4 Å². The number of carboxylic acid groups (broad SMARTS) is 1. The minimum atomic E-state index is -0.949. The molecule has 8 nitrogen and oxygen atoms in total. The quantitative estimate of drug-likeness (QED) is 0.791. The van der Waals surface area contributed by atoms with Gasteiger partial charge in [-0.25, -0.2) is 4.79 Å². The smallest absolute Gasteiger partial charge is 0.407 e. The Kier molecular flexibility index (Phi) is 6.38. The molecule has 0 aliphatic carbocycles. The molecule has 1 N–H and O–H groups in total. The van der Waals surface area contributed by atoms with Crippen LogP contribution in [-0.2, 0) is 9.53 Å². The van der Waals surface area contributed by atoms with Crippen LogP contribution in [0, 0.1) is 5.92 Å². The standard InChI is InChI=1S/C20H27N3O5/c1-2-28-19(25)16-6-4-8-23(14-16)17-7-3-5-15(13-17)18(24)21-9-11-22(12-10-21)20(26)27/h3,5,7,13,16H,2,4,6,8-12,14H2,1H3,(H,26,27)/t16-/m1/s1. The SMILES string of the molecule is CCOC(=O)[C@@H]1CCCN(c2cccc(C(=O)N3CCN(C(=O)O)CC3)c2)C1. The van der Waals surface area contributed by atoms with Gasteiger partial charge in [-0.05, 0) is 38.0 Å². The number of carbonyl (C=O) groups is 3. The van der Waals surface area contributed by atoms with E-state index >= 15 is 0 Å². The third-order valence-corrected chi connectivity index (χ3v) is 5.34. The Morgan fingerprint density at radius 2 is 1.82 bits per heavy atom. The first kappa shape index (κ1) is 20.0. The highest BCUT2D eigenvalue weighted by Crippen LogP contribution is 2.25. The summed E-state index contributed by atoms with van der Waals surface area (Å²) in [6.45, 7) is 5.06. The van der Waals surface area contributed by atoms with Crippen molar-refractivity contribution in [1.29, 1.82) is 0 Å². The second kappa shape index (κ2) is 8.95. The zero-order chi connectivity index (χ0) is 20.1. The van der Waals surface area contributed by atoms with E-state index in [0.29, 0.717) is 44.9 Å². The fraction of sp³-hybridized carbons (Fsp3) is 0.550. The summed E-state index contributed by atoms with van der Waals surface area (Å²) < 4.78 is 5.16. The molecule has 28 heavy (non-hydrogen) atoms. The number of carbonyl (C=O) groups excluding carboxylic acids is 2. The van der Waals surface area contributed by atoms with Crippen LogP contribution < -0.4 is 4.90 Å². The molecule has 1 atom stereocenters. The van der Waals surface area contributed by atoms with E-state index in [-0.39, 0.29) is 17.8 Å². The molecular weight excluding hydrogens is 362 g/mol. The predicted octanol–water partition coefficient (Wildman–Crippen LogP) is 1.90. The van der Waals surface area contributed by atoms with Crippen LogP contribution in [0.3, 0.4) is 0 Å². The van der Waals surface area contributed by atoms with Crippen molar-refractivity contribution in [2.75, 3.05) is 50.8 Å². The van der Waals surface area contributed by atoms with E-state index in [2.05, 4.69) is 4.90 Å². The van der Waals surface area contributed by atoms with Crippen molar-refractivity contribution in [2.45, 2.75) is 19.8 Å². The average Bonchev–Trinajstić information content (AvgIpc) is 2.73. The molecule has 0 radical (unpaired) electrons. The second-order valence-electron chi connectivity index (χ2n) is 7.15. The van der Waals surface area contributed by atoms with Gasteiger partial charge in [0.25, 0.3) is 5.91 Å². The van der Waals surface area contributed by atoms with Crippen molar-refractivity contribution >= 4 is 23.7 Å². The molecule has 0 aromatic heterocycles. The van der Waals surface area contributed by atoms with Gasteiger partial charge in [0.2, 0.25) is 0 Å². The lowest BCUT2D eigenvalue weighted by atomic mass is 9.97. The van der Waals surface area contributed by atoms with E-state index in [1.54, 1.807) is 11.0 Å². The molecule has 3 rings (SSSR count). The Morgan fingerprint density at radius 1 is 1.11 bits per heavy atom. The maximum Gasteiger partial charge on any atom is 0.407 e. The number of benzene rings is 1. The molecule has 1 aromatic rings. The number of ether oxygens (including phenoxy) is 1. The molecule has 0 unspecified atom stereocenters. The molecule has 0 bridgehead atoms. The number of anilines is 1. The minimum absolute atomic E-state index is 0.0918. The van der Waals surface area contributed by atoms with Gasteiger partial charge in [0.05, 0.1) is 12.5 Å². The monoisotopic (exact) mass is 389 g/mol. The lowest BCUT2D eigenvalue weighted by Gasteiger charge is -2.34. The number of hydrogen-bond acceptors (Lipinski definition) is 5. The molecule has 2 heterocycles. The molecule has 2 saturated heterocycles. The van der Waals surface area contributed by atoms with Gasteiger partial charge in [0, 0.05) is 50.5 Å². The number of nitrogens with zero attached hydrogens (tertiary/aromatic N) is 3. The summed E-state index contributed by atoms with van der Waals surface area (Å²) in [5.74, 6) is -0.390. The minimum Gasteiger partial charge on any atom is -0.466 e. The summed E-state index contributed by atoms with van der Waals surface area (Å²) in [7, 11) is 0. The second-order valence-corrected chi connectivity index (χ2v) is 7.15. The van der Waals surface area contributed by atoms with Gasteiger partial charge >= 0.3 is 12.1 Å². The van der Waals surface area contributed by atoms with E-state index in [9.17, 15) is 14.4 Å². The Morgan fingerprint density at radius 3 is 2.50 bits per heavy atom. The number of rotatable bonds is 4. The van der Waals surface area contributed by atoms with E-state index in [0.717, 1.165) is 25.1 Å². The number of piperazine rings is 1. The summed E-state index contributed by atoms with van der Waals surface area (Å²) in [5, 5.41) is 9.04. The molecule has 1 aromatic carbocycles. The lowest BCUT2D eigenvalue weighted by molar-refractivity contribution is -0.148. The van der Waals surface area contributed by atoms with Crippen molar-refractivity contribution in [3.05, 3.63) is 29.8 Å². The van der Waals surface area contributed by atoms with Crippen LogP contribution in [0.15, 0.2) is 24.3 Å². The van der Waals surface area contributed by atoms with Gasteiger partial charge in [-0.1, -0.05) is 6.07 Å². The van der Waals surface area contributed by atoms with Crippen LogP contribution >= 0.6 is 0 Å². The van der Waals surface area contributed by atoms with Crippen LogP contribution in [0.1, 0.15) is 30.1 Å². The van der Waals surface area contributed by atoms with Crippen molar-refractivity contribution < 1.29 is 24.2 Å². The third kappa shape index (κ3) is 4.55. The molecule has 8 heteroatoms. The number of hydrogen-bond donors (Lipinski definition) is 1. The summed E-state index contributed by atoms with van der Waals surface area (Å²) in [4.78, 5) is 41.1. The first-order valence-electron chi connectivity index (χ1n) is 9.78. The molecular formula is C20H27N3O5. The van der Waals surface area contributed by atoms with E-state index in [1.165, 1.54) is 4.90 Å². The van der Waals surface area contributed by atoms with Crippen LogP contribution in [0.5, 0.6) is 0 Å². The van der Waals surface area contributed by atoms with E-state index < -0.39 is 6.09 Å². The number of esters is 1. The molecule has 0 spiro atoms. The fourth-order valence-corrected chi connectivity index (χ4v) is 3.78. The van der Waals surface area contributed by atoms with Gasteiger partial charge in [0.15, 0.2) is 0 Å². The Bertz CT molecular complexity index is 730. The van der Waals surface area contributed by atoms with Crippen LogP contribution in [-0.4, -0.2) is 78.8 Å². The van der Waals surface area contributed by atoms with Crippen LogP contribution in [0.25, 0.3) is 0 Å². The Balaban J connectivity index is 1.66. The molecule has 152 valence electrons. The number of amides is 2. The maximum atomic E-state index is 12.8. The first-order valence-corrected chi connectivity index (χ1v) is 9.78.